The van der Waals surface area contributed by atoms with Gasteiger partial charge in [-0.25, -0.2) is 9.97 Å². The van der Waals surface area contributed by atoms with Crippen LogP contribution in [-0.2, 0) is 0 Å². The second-order valence-corrected chi connectivity index (χ2v) is 6.59. The van der Waals surface area contributed by atoms with Crippen LogP contribution in [0.15, 0.2) is 83.4 Å². The summed E-state index contributed by atoms with van der Waals surface area (Å²) < 4.78 is 0. The third-order valence-electron chi connectivity index (χ3n) is 4.42. The van der Waals surface area contributed by atoms with Gasteiger partial charge in [-0.3, -0.25) is 0 Å². The summed E-state index contributed by atoms with van der Waals surface area (Å²) in [5, 5.41) is 20.0. The Kier molecular flexibility index (Phi) is 4.68. The number of aromatic nitrogens is 2. The highest BCUT2D eigenvalue weighted by atomic mass is 16.3. The normalized spacial score (nSPS) is 11.2. The number of phenolic OH excluding ortho intramolecular Hbond substituents is 1. The van der Waals surface area contributed by atoms with E-state index in [1.807, 2.05) is 73.6 Å². The molecule has 3 aromatic carbocycles. The Morgan fingerprint density at radius 3 is 2.54 bits per heavy atom. The summed E-state index contributed by atoms with van der Waals surface area (Å²) in [4.78, 5) is 10.2. The van der Waals surface area contributed by atoms with Gasteiger partial charge in [-0.05, 0) is 48.0 Å². The van der Waals surface area contributed by atoms with Crippen molar-refractivity contribution >= 4 is 28.0 Å². The van der Waals surface area contributed by atoms with Crippen molar-refractivity contribution in [3.8, 4) is 16.9 Å². The van der Waals surface area contributed by atoms with Crippen LogP contribution in [0, 0.1) is 0 Å². The molecule has 4 aromatic rings. The molecule has 0 amide bonds. The van der Waals surface area contributed by atoms with E-state index in [1.54, 1.807) is 12.3 Å². The fraction of sp³-hybridized carbons (Fsp3) is 0.0909. The van der Waals surface area contributed by atoms with Gasteiger partial charge in [0.05, 0.1) is 11.4 Å². The third kappa shape index (κ3) is 3.53. The molecule has 0 bridgehead atoms. The minimum Gasteiger partial charge on any atom is -0.506 e. The molecule has 0 saturated carbocycles. The van der Waals surface area contributed by atoms with Crippen LogP contribution in [-0.4, -0.2) is 29.2 Å². The van der Waals surface area contributed by atoms with E-state index in [9.17, 15) is 5.11 Å². The number of phenols is 1. The summed E-state index contributed by atoms with van der Waals surface area (Å²) in [6.07, 6.45) is 3.11. The number of rotatable bonds is 4. The maximum Gasteiger partial charge on any atom is 0.142 e. The van der Waals surface area contributed by atoms with Crippen molar-refractivity contribution in [1.29, 1.82) is 0 Å². The molecule has 0 aliphatic carbocycles. The number of hydrogen-bond acceptors (Lipinski definition) is 6. The number of benzene rings is 3. The number of nitrogens with zero attached hydrogens (tertiary/aromatic N) is 5. The van der Waals surface area contributed by atoms with Crippen LogP contribution >= 0.6 is 0 Å². The van der Waals surface area contributed by atoms with Crippen LogP contribution in [0.25, 0.3) is 22.0 Å². The lowest BCUT2D eigenvalue weighted by molar-refractivity contribution is 0.480. The third-order valence-corrected chi connectivity index (χ3v) is 4.42. The van der Waals surface area contributed by atoms with Crippen molar-refractivity contribution in [3.05, 3.63) is 73.2 Å². The van der Waals surface area contributed by atoms with Gasteiger partial charge in [-0.1, -0.05) is 18.2 Å². The first kappa shape index (κ1) is 17.6. The van der Waals surface area contributed by atoms with Gasteiger partial charge in [-0.15, -0.1) is 5.11 Å². The van der Waals surface area contributed by atoms with E-state index in [2.05, 4.69) is 20.2 Å². The van der Waals surface area contributed by atoms with Gasteiger partial charge in [0, 0.05) is 36.9 Å². The van der Waals surface area contributed by atoms with Gasteiger partial charge in [-0.2, -0.15) is 5.11 Å². The fourth-order valence-corrected chi connectivity index (χ4v) is 2.97. The molecule has 1 heterocycles. The highest BCUT2D eigenvalue weighted by Crippen LogP contribution is 2.38. The molecule has 6 nitrogen and oxygen atoms in total. The summed E-state index contributed by atoms with van der Waals surface area (Å²) >= 11 is 0. The molecule has 0 fully saturated rings. The van der Waals surface area contributed by atoms with Crippen LogP contribution < -0.4 is 4.90 Å². The van der Waals surface area contributed by atoms with Gasteiger partial charge < -0.3 is 10.0 Å². The molecule has 28 heavy (non-hydrogen) atoms. The highest BCUT2D eigenvalue weighted by Gasteiger charge is 2.12. The first-order valence-corrected chi connectivity index (χ1v) is 8.83. The van der Waals surface area contributed by atoms with Gasteiger partial charge in [0.25, 0.3) is 0 Å². The number of aromatic hydroxyl groups is 1. The van der Waals surface area contributed by atoms with Crippen molar-refractivity contribution in [3.63, 3.8) is 0 Å². The lowest BCUT2D eigenvalue weighted by atomic mass is 10.0. The second-order valence-electron chi connectivity index (χ2n) is 6.59. The first-order valence-electron chi connectivity index (χ1n) is 8.83. The molecule has 0 aliphatic heterocycles. The Balaban J connectivity index is 1.86. The zero-order valence-corrected chi connectivity index (χ0v) is 15.6. The highest BCUT2D eigenvalue weighted by molar-refractivity contribution is 5.91. The topological polar surface area (TPSA) is 74.0 Å². The van der Waals surface area contributed by atoms with Crippen LogP contribution in [0.4, 0.5) is 17.1 Å². The Bertz CT molecular complexity index is 1160. The smallest absolute Gasteiger partial charge is 0.142 e. The van der Waals surface area contributed by atoms with Crippen molar-refractivity contribution in [1.82, 2.24) is 9.97 Å². The van der Waals surface area contributed by atoms with E-state index in [-0.39, 0.29) is 5.75 Å². The van der Waals surface area contributed by atoms with Gasteiger partial charge in [0.1, 0.15) is 17.6 Å². The van der Waals surface area contributed by atoms with Crippen LogP contribution in [0.2, 0.25) is 0 Å². The minimum absolute atomic E-state index is 0.108. The maximum absolute atomic E-state index is 10.4. The predicted molar refractivity (Wildman–Crippen MR) is 112 cm³/mol. The lowest BCUT2D eigenvalue weighted by Crippen LogP contribution is -2.08. The molecule has 1 aromatic heterocycles. The monoisotopic (exact) mass is 369 g/mol. The molecular formula is C22H19N5O. The van der Waals surface area contributed by atoms with E-state index < -0.39 is 0 Å². The van der Waals surface area contributed by atoms with Crippen LogP contribution in [0.1, 0.15) is 0 Å². The largest absolute Gasteiger partial charge is 0.506 e. The minimum atomic E-state index is 0.108. The Morgan fingerprint density at radius 1 is 0.929 bits per heavy atom. The van der Waals surface area contributed by atoms with Gasteiger partial charge in [0.15, 0.2) is 0 Å². The Labute approximate surface area is 162 Å². The zero-order chi connectivity index (χ0) is 19.5. The summed E-state index contributed by atoms with van der Waals surface area (Å²) in [6.45, 7) is 0. The predicted octanol–water partition coefficient (Wildman–Crippen LogP) is 5.48. The second kappa shape index (κ2) is 7.44. The number of fused-ring (bicyclic) bond motifs is 1. The van der Waals surface area contributed by atoms with E-state index in [4.69, 9.17) is 0 Å². The molecule has 4 rings (SSSR count). The summed E-state index contributed by atoms with van der Waals surface area (Å²) in [5.41, 5.74) is 4.73. The first-order chi connectivity index (χ1) is 13.6. The van der Waals surface area contributed by atoms with Crippen LogP contribution in [0.3, 0.4) is 0 Å². The van der Waals surface area contributed by atoms with E-state index in [0.29, 0.717) is 11.2 Å². The molecule has 1 N–H and O–H groups in total. The quantitative estimate of drug-likeness (QED) is 0.483. The molecule has 0 radical (unpaired) electrons. The molecule has 0 spiro atoms. The molecule has 6 heteroatoms. The molecule has 138 valence electrons. The fourth-order valence-electron chi connectivity index (χ4n) is 2.97. The number of hydrogen-bond donors (Lipinski definition) is 1. The summed E-state index contributed by atoms with van der Waals surface area (Å²) in [7, 11) is 3.96. The molecule has 0 atom stereocenters. The van der Waals surface area contributed by atoms with Crippen molar-refractivity contribution in [2.75, 3.05) is 19.0 Å². The lowest BCUT2D eigenvalue weighted by Gasteiger charge is -2.15. The van der Waals surface area contributed by atoms with Crippen molar-refractivity contribution in [2.45, 2.75) is 0 Å². The van der Waals surface area contributed by atoms with Gasteiger partial charge >= 0.3 is 0 Å². The Hall–Kier alpha value is -3.80. The number of azo groups is 1. The van der Waals surface area contributed by atoms with Gasteiger partial charge in [0.2, 0.25) is 0 Å². The van der Waals surface area contributed by atoms with Crippen molar-refractivity contribution in [2.24, 2.45) is 10.2 Å². The van der Waals surface area contributed by atoms with Crippen LogP contribution in [0.5, 0.6) is 5.75 Å². The van der Waals surface area contributed by atoms with E-state index >= 15 is 0 Å². The molecule has 0 aliphatic rings. The van der Waals surface area contributed by atoms with Crippen molar-refractivity contribution < 1.29 is 5.11 Å². The Morgan fingerprint density at radius 2 is 1.75 bits per heavy atom. The number of anilines is 1. The average Bonchev–Trinajstić information content (AvgIpc) is 2.73. The molecular weight excluding hydrogens is 350 g/mol. The maximum atomic E-state index is 10.4. The standard InChI is InChI=1S/C22H19N5O/c1-27(2)18-8-9-20(26-25-17-6-4-3-5-7-17)19(12-18)15-10-16-13-23-14-24-22(16)21(28)11-15/h3-14,28H,1-2H3. The molecule has 0 saturated heterocycles. The summed E-state index contributed by atoms with van der Waals surface area (Å²) in [5.74, 6) is 0.108. The van der Waals surface area contributed by atoms with E-state index in [0.717, 1.165) is 27.9 Å². The summed E-state index contributed by atoms with van der Waals surface area (Å²) in [6, 6.07) is 19.2. The SMILES string of the molecule is CN(C)c1ccc(N=Nc2ccccc2)c(-c2cc(O)c3ncncc3c2)c1. The molecule has 0 unspecified atom stereocenters. The average molecular weight is 369 g/mol. The zero-order valence-electron chi connectivity index (χ0n) is 15.6. The van der Waals surface area contributed by atoms with E-state index in [1.165, 1.54) is 6.33 Å².